The topological polar surface area (TPSA) is 190 Å². The molecule has 2 aromatic rings. The Kier molecular flexibility index (Phi) is 11.2. The van der Waals surface area contributed by atoms with Crippen molar-refractivity contribution in [1.82, 2.24) is 15.6 Å². The summed E-state index contributed by atoms with van der Waals surface area (Å²) in [6.45, 7) is 9.84. The lowest BCUT2D eigenvalue weighted by Gasteiger charge is -2.28. The number of hydrogen-bond acceptors (Lipinski definition) is 10. The van der Waals surface area contributed by atoms with Gasteiger partial charge in [-0.15, -0.1) is 0 Å². The van der Waals surface area contributed by atoms with Gasteiger partial charge < -0.3 is 30.9 Å². The van der Waals surface area contributed by atoms with E-state index in [-0.39, 0.29) is 35.1 Å². The van der Waals surface area contributed by atoms with Gasteiger partial charge >= 0.3 is 12.2 Å². The fourth-order valence-electron chi connectivity index (χ4n) is 3.38. The summed E-state index contributed by atoms with van der Waals surface area (Å²) in [6, 6.07) is 3.60. The average Bonchev–Trinajstić information content (AvgIpc) is 3.31. The predicted molar refractivity (Wildman–Crippen MR) is 152 cm³/mol. The van der Waals surface area contributed by atoms with Gasteiger partial charge in [-0.05, 0) is 65.7 Å². The van der Waals surface area contributed by atoms with Crippen LogP contribution in [0.25, 0.3) is 0 Å². The van der Waals surface area contributed by atoms with E-state index in [1.54, 1.807) is 53.7 Å². The molecular weight excluding hydrogens is 554 g/mol. The minimum atomic E-state index is -1.28. The third kappa shape index (κ3) is 11.4. The number of phenols is 1. The highest BCUT2D eigenvalue weighted by atomic mass is 32.1. The quantitative estimate of drug-likeness (QED) is 0.285. The molecule has 13 nitrogen and oxygen atoms in total. The Bertz CT molecular complexity index is 1230. The van der Waals surface area contributed by atoms with Crippen LogP contribution >= 0.6 is 11.3 Å². The first-order valence-electron chi connectivity index (χ1n) is 12.8. The van der Waals surface area contributed by atoms with Crippen LogP contribution in [0, 0.1) is 0 Å². The lowest BCUT2D eigenvalue weighted by molar-refractivity contribution is -0.128. The summed E-state index contributed by atoms with van der Waals surface area (Å²) in [5.74, 6) is -1.54. The highest BCUT2D eigenvalue weighted by molar-refractivity contribution is 7.17. The van der Waals surface area contributed by atoms with Crippen molar-refractivity contribution in [1.29, 1.82) is 0 Å². The summed E-state index contributed by atoms with van der Waals surface area (Å²) < 4.78 is 10.8. The largest absolute Gasteiger partial charge is 0.508 e. The van der Waals surface area contributed by atoms with Gasteiger partial charge in [-0.25, -0.2) is 14.6 Å². The second kappa shape index (κ2) is 13.9. The number of nitrogens with two attached hydrogens (primary N) is 1. The van der Waals surface area contributed by atoms with Gasteiger partial charge in [0.25, 0.3) is 0 Å². The van der Waals surface area contributed by atoms with Crippen molar-refractivity contribution < 1.29 is 38.6 Å². The van der Waals surface area contributed by atoms with Gasteiger partial charge in [0, 0.05) is 13.0 Å². The molecular formula is C27H37N5O8S. The zero-order valence-corrected chi connectivity index (χ0v) is 24.7. The third-order valence-electron chi connectivity index (χ3n) is 5.16. The molecule has 0 saturated heterocycles. The molecule has 2 atom stereocenters. The second-order valence-electron chi connectivity index (χ2n) is 11.1. The number of aromatic nitrogens is 1. The van der Waals surface area contributed by atoms with Crippen LogP contribution in [0.5, 0.6) is 5.75 Å². The zero-order valence-electron chi connectivity index (χ0n) is 23.9. The molecule has 2 rings (SSSR count). The van der Waals surface area contributed by atoms with Crippen molar-refractivity contribution in [2.75, 3.05) is 11.4 Å². The van der Waals surface area contributed by atoms with E-state index in [0.717, 1.165) is 16.2 Å². The molecule has 5 N–H and O–H groups in total. The van der Waals surface area contributed by atoms with E-state index in [9.17, 15) is 29.1 Å². The van der Waals surface area contributed by atoms with Crippen LogP contribution in [0.3, 0.4) is 0 Å². The summed E-state index contributed by atoms with van der Waals surface area (Å²) >= 11 is 0.948. The lowest BCUT2D eigenvalue weighted by atomic mass is 10.0. The van der Waals surface area contributed by atoms with Crippen molar-refractivity contribution in [3.63, 3.8) is 0 Å². The fraction of sp³-hybridized carbons (Fsp3) is 0.481. The number of carbonyl (C=O) groups excluding carboxylic acids is 5. The molecule has 14 heteroatoms. The average molecular weight is 592 g/mol. The molecule has 1 heterocycles. The van der Waals surface area contributed by atoms with Gasteiger partial charge in [0.1, 0.15) is 29.0 Å². The van der Waals surface area contributed by atoms with Gasteiger partial charge in [-0.1, -0.05) is 23.5 Å². The molecule has 0 aliphatic heterocycles. The predicted octanol–water partition coefficient (Wildman–Crippen LogP) is 2.90. The number of aldehydes is 1. The number of aromatic hydroxyl groups is 1. The fourth-order valence-corrected chi connectivity index (χ4v) is 4.12. The Morgan fingerprint density at radius 3 is 2.15 bits per heavy atom. The van der Waals surface area contributed by atoms with Crippen molar-refractivity contribution in [2.24, 2.45) is 5.73 Å². The Balaban J connectivity index is 2.31. The summed E-state index contributed by atoms with van der Waals surface area (Å²) in [5, 5.41) is 14.7. The number of nitrogens with zero attached hydrogens (tertiary/aromatic N) is 2. The standard InChI is InChI=1S/C27H37N5O8S/c1-26(2,3)39-24(37)31-19(22(36)30-20(21(28)35)13-16-7-9-17(34)10-8-16)11-12-32(25(38)40-27(4,5)6)23-29-14-18(15-33)41-23/h7-10,14-15,19-20,34H,11-13H2,1-6H3,(H2,28,35)(H,30,36)(H,31,37)/t19-,20-/m0/s1. The minimum Gasteiger partial charge on any atom is -0.508 e. The number of hydrogen-bond donors (Lipinski definition) is 4. The highest BCUT2D eigenvalue weighted by Crippen LogP contribution is 2.24. The number of alkyl carbamates (subject to hydrolysis) is 1. The summed E-state index contributed by atoms with van der Waals surface area (Å²) in [4.78, 5) is 68.0. The number of carbonyl (C=O) groups is 5. The van der Waals surface area contributed by atoms with Crippen molar-refractivity contribution in [3.05, 3.63) is 40.9 Å². The number of amides is 4. The molecule has 0 aliphatic rings. The van der Waals surface area contributed by atoms with Crippen LogP contribution in [0.4, 0.5) is 14.7 Å². The van der Waals surface area contributed by atoms with Crippen molar-refractivity contribution in [3.8, 4) is 5.75 Å². The number of ether oxygens (including phenoxy) is 2. The van der Waals surface area contributed by atoms with Crippen LogP contribution in [0.1, 0.15) is 63.2 Å². The van der Waals surface area contributed by atoms with Crippen LogP contribution in [0.2, 0.25) is 0 Å². The summed E-state index contributed by atoms with van der Waals surface area (Å²) in [5.41, 5.74) is 4.44. The lowest BCUT2D eigenvalue weighted by Crippen LogP contribution is -2.55. The number of phenolic OH excluding ortho intramolecular Hbond substituents is 1. The Morgan fingerprint density at radius 2 is 1.63 bits per heavy atom. The van der Waals surface area contributed by atoms with E-state index in [2.05, 4.69) is 15.6 Å². The molecule has 0 aliphatic carbocycles. The van der Waals surface area contributed by atoms with Gasteiger partial charge in [0.05, 0.1) is 11.1 Å². The maximum absolute atomic E-state index is 13.4. The number of nitrogens with one attached hydrogen (secondary N) is 2. The third-order valence-corrected chi connectivity index (χ3v) is 6.10. The van der Waals surface area contributed by atoms with E-state index in [1.807, 2.05) is 0 Å². The number of primary amides is 1. The van der Waals surface area contributed by atoms with Crippen molar-refractivity contribution in [2.45, 2.75) is 77.7 Å². The smallest absolute Gasteiger partial charge is 0.416 e. The first-order valence-corrected chi connectivity index (χ1v) is 13.6. The van der Waals surface area contributed by atoms with Crippen LogP contribution in [-0.4, -0.2) is 70.2 Å². The van der Waals surface area contributed by atoms with Crippen LogP contribution < -0.4 is 21.3 Å². The Morgan fingerprint density at radius 1 is 1.02 bits per heavy atom. The molecule has 0 saturated carbocycles. The van der Waals surface area contributed by atoms with Crippen molar-refractivity contribution >= 4 is 46.8 Å². The van der Waals surface area contributed by atoms with E-state index in [4.69, 9.17) is 15.2 Å². The molecule has 1 aromatic heterocycles. The number of benzene rings is 1. The molecule has 0 bridgehead atoms. The Hall–Kier alpha value is -4.20. The summed E-state index contributed by atoms with van der Waals surface area (Å²) in [6.07, 6.45) is 0.0979. The van der Waals surface area contributed by atoms with Gasteiger partial charge in [-0.2, -0.15) is 0 Å². The molecule has 4 amide bonds. The Labute approximate surface area is 242 Å². The van der Waals surface area contributed by atoms with E-state index >= 15 is 0 Å². The first kappa shape index (κ1) is 33.0. The molecule has 1 aromatic carbocycles. The monoisotopic (exact) mass is 591 g/mol. The number of anilines is 1. The van der Waals surface area contributed by atoms with Gasteiger partial charge in [-0.3, -0.25) is 19.3 Å². The second-order valence-corrected chi connectivity index (χ2v) is 12.2. The zero-order chi connectivity index (χ0) is 31.0. The van der Waals surface area contributed by atoms with E-state index < -0.39 is 47.3 Å². The maximum Gasteiger partial charge on any atom is 0.416 e. The van der Waals surface area contributed by atoms with E-state index in [1.165, 1.54) is 18.3 Å². The highest BCUT2D eigenvalue weighted by Gasteiger charge is 2.31. The molecule has 224 valence electrons. The maximum atomic E-state index is 13.4. The van der Waals surface area contributed by atoms with E-state index in [0.29, 0.717) is 11.8 Å². The summed E-state index contributed by atoms with van der Waals surface area (Å²) in [7, 11) is 0. The first-order chi connectivity index (χ1) is 19.0. The number of thiazole rings is 1. The SMILES string of the molecule is CC(C)(C)OC(=O)N[C@@H](CCN(C(=O)OC(C)(C)C)c1ncc(C=O)s1)C(=O)N[C@@H](Cc1ccc(O)cc1)C(N)=O. The molecule has 0 spiro atoms. The van der Waals surface area contributed by atoms with Crippen LogP contribution in [-0.2, 0) is 25.5 Å². The minimum absolute atomic E-state index is 0.0259. The molecule has 41 heavy (non-hydrogen) atoms. The normalized spacial score (nSPS) is 12.9. The van der Waals surface area contributed by atoms with Crippen LogP contribution in [0.15, 0.2) is 30.5 Å². The van der Waals surface area contributed by atoms with Gasteiger partial charge in [0.2, 0.25) is 11.8 Å². The van der Waals surface area contributed by atoms with Gasteiger partial charge in [0.15, 0.2) is 11.4 Å². The number of rotatable bonds is 11. The molecule has 0 radical (unpaired) electrons. The molecule has 0 fully saturated rings. The molecule has 0 unspecified atom stereocenters.